The molecule has 0 saturated heterocycles. The van der Waals surface area contributed by atoms with Gasteiger partial charge in [0.25, 0.3) is 0 Å². The van der Waals surface area contributed by atoms with E-state index in [2.05, 4.69) is 4.74 Å². The molecule has 0 N–H and O–H groups in total. The van der Waals surface area contributed by atoms with Gasteiger partial charge in [-0.3, -0.25) is 9.69 Å². The molecule has 2 aromatic carbocycles. The number of carbonyl (C=O) groups excluding carboxylic acids is 2. The number of nitrogens with zero attached hydrogens (tertiary/aromatic N) is 1. The first-order valence-corrected chi connectivity index (χ1v) is 8.26. The summed E-state index contributed by atoms with van der Waals surface area (Å²) in [5, 5.41) is 0. The zero-order valence-corrected chi connectivity index (χ0v) is 15.5. The van der Waals surface area contributed by atoms with E-state index in [1.54, 1.807) is 18.1 Å². The number of rotatable bonds is 8. The topological polar surface area (TPSA) is 65.1 Å². The Labute approximate surface area is 157 Å². The molecule has 2 aromatic rings. The summed E-state index contributed by atoms with van der Waals surface area (Å²) in [6, 6.07) is 11.7. The third-order valence-corrected chi connectivity index (χ3v) is 4.03. The fourth-order valence-corrected chi connectivity index (χ4v) is 2.68. The Hall–Kier alpha value is -2.93. The fourth-order valence-electron chi connectivity index (χ4n) is 2.68. The maximum atomic E-state index is 14.2. The molecule has 0 spiro atoms. The molecular formula is C20H22FNO5. The fraction of sp³-hybridized carbons (Fsp3) is 0.300. The highest BCUT2D eigenvalue weighted by atomic mass is 19.1. The maximum Gasteiger partial charge on any atom is 0.341 e. The van der Waals surface area contributed by atoms with E-state index < -0.39 is 17.8 Å². The van der Waals surface area contributed by atoms with Crippen LogP contribution in [-0.2, 0) is 27.4 Å². The van der Waals surface area contributed by atoms with E-state index >= 15 is 0 Å². The van der Waals surface area contributed by atoms with Crippen LogP contribution < -0.4 is 4.74 Å². The maximum absolute atomic E-state index is 14.2. The Kier molecular flexibility index (Phi) is 7.31. The van der Waals surface area contributed by atoms with Crippen molar-refractivity contribution in [2.75, 3.05) is 27.9 Å². The highest BCUT2D eigenvalue weighted by Crippen LogP contribution is 2.19. The summed E-state index contributed by atoms with van der Waals surface area (Å²) in [6.07, 6.45) is 0. The second kappa shape index (κ2) is 9.68. The molecule has 0 unspecified atom stereocenters. The molecule has 0 atom stereocenters. The van der Waals surface area contributed by atoms with Gasteiger partial charge in [0, 0.05) is 13.1 Å². The normalized spacial score (nSPS) is 10.6. The summed E-state index contributed by atoms with van der Waals surface area (Å²) in [4.78, 5) is 25.5. The van der Waals surface area contributed by atoms with Crippen LogP contribution in [0.25, 0.3) is 0 Å². The lowest BCUT2D eigenvalue weighted by Gasteiger charge is -2.22. The second-order valence-electron chi connectivity index (χ2n) is 5.83. The van der Waals surface area contributed by atoms with Gasteiger partial charge < -0.3 is 14.2 Å². The highest BCUT2D eigenvalue weighted by Gasteiger charge is 2.20. The molecule has 0 aliphatic heterocycles. The number of esters is 2. The van der Waals surface area contributed by atoms with Crippen LogP contribution >= 0.6 is 0 Å². The van der Waals surface area contributed by atoms with Crippen molar-refractivity contribution in [2.24, 2.45) is 0 Å². The Balaban J connectivity index is 2.28. The van der Waals surface area contributed by atoms with E-state index in [0.29, 0.717) is 12.1 Å². The Morgan fingerprint density at radius 3 is 2.26 bits per heavy atom. The predicted octanol–water partition coefficient (Wildman–Crippen LogP) is 2.80. The first kappa shape index (κ1) is 20.4. The summed E-state index contributed by atoms with van der Waals surface area (Å²) in [6.45, 7) is 0.555. The Bertz CT molecular complexity index is 791. The molecule has 0 aliphatic rings. The van der Waals surface area contributed by atoms with Crippen molar-refractivity contribution < 1.29 is 28.2 Å². The second-order valence-corrected chi connectivity index (χ2v) is 5.83. The summed E-state index contributed by atoms with van der Waals surface area (Å²) >= 11 is 0. The summed E-state index contributed by atoms with van der Waals surface area (Å²) in [5.74, 6) is -1.14. The minimum Gasteiger partial charge on any atom is -0.497 e. The quantitative estimate of drug-likeness (QED) is 0.661. The van der Waals surface area contributed by atoms with Crippen LogP contribution in [0.4, 0.5) is 4.39 Å². The number of hydrogen-bond acceptors (Lipinski definition) is 6. The molecule has 0 heterocycles. The van der Waals surface area contributed by atoms with Gasteiger partial charge in [-0.25, -0.2) is 9.18 Å². The van der Waals surface area contributed by atoms with Crippen molar-refractivity contribution in [3.05, 3.63) is 65.0 Å². The van der Waals surface area contributed by atoms with Crippen LogP contribution in [0, 0.1) is 5.82 Å². The average molecular weight is 375 g/mol. The predicted molar refractivity (Wildman–Crippen MR) is 96.9 cm³/mol. The highest BCUT2D eigenvalue weighted by molar-refractivity contribution is 5.91. The van der Waals surface area contributed by atoms with Crippen molar-refractivity contribution in [1.82, 2.24) is 4.90 Å². The molecule has 0 bridgehead atoms. The molecule has 0 radical (unpaired) electrons. The van der Waals surface area contributed by atoms with E-state index in [1.807, 2.05) is 24.3 Å². The lowest BCUT2D eigenvalue weighted by molar-refractivity contribution is -0.142. The minimum atomic E-state index is -0.759. The molecule has 0 saturated carbocycles. The van der Waals surface area contributed by atoms with Gasteiger partial charge in [0.2, 0.25) is 0 Å². The van der Waals surface area contributed by atoms with Crippen LogP contribution in [0.2, 0.25) is 0 Å². The third kappa shape index (κ3) is 5.52. The van der Waals surface area contributed by atoms with Gasteiger partial charge in [0.1, 0.15) is 11.6 Å². The van der Waals surface area contributed by atoms with Crippen molar-refractivity contribution in [3.8, 4) is 5.75 Å². The van der Waals surface area contributed by atoms with Gasteiger partial charge >= 0.3 is 11.9 Å². The molecule has 144 valence electrons. The van der Waals surface area contributed by atoms with Gasteiger partial charge in [0.05, 0.1) is 33.4 Å². The van der Waals surface area contributed by atoms with Gasteiger partial charge in [-0.05, 0) is 29.3 Å². The molecular weight excluding hydrogens is 353 g/mol. The lowest BCUT2D eigenvalue weighted by atomic mass is 10.1. The molecule has 7 heteroatoms. The van der Waals surface area contributed by atoms with E-state index in [-0.39, 0.29) is 18.7 Å². The van der Waals surface area contributed by atoms with Gasteiger partial charge in [-0.2, -0.15) is 0 Å². The molecule has 0 fully saturated rings. The average Bonchev–Trinajstić information content (AvgIpc) is 2.68. The van der Waals surface area contributed by atoms with E-state index in [4.69, 9.17) is 9.47 Å². The van der Waals surface area contributed by atoms with E-state index in [9.17, 15) is 14.0 Å². The Morgan fingerprint density at radius 1 is 0.963 bits per heavy atom. The van der Waals surface area contributed by atoms with Crippen LogP contribution in [0.3, 0.4) is 0 Å². The molecule has 6 nitrogen and oxygen atoms in total. The SMILES string of the molecule is COC(=O)CN(Cc1ccc(OC)cc1)Cc1cccc(F)c1C(=O)OC. The van der Waals surface area contributed by atoms with Crippen LogP contribution in [-0.4, -0.2) is 44.7 Å². The first-order chi connectivity index (χ1) is 13.0. The third-order valence-electron chi connectivity index (χ3n) is 4.03. The van der Waals surface area contributed by atoms with Crippen LogP contribution in [0.15, 0.2) is 42.5 Å². The summed E-state index contributed by atoms with van der Waals surface area (Å²) in [5.41, 5.74) is 1.22. The minimum absolute atomic E-state index is 0.0142. The molecule has 2 rings (SSSR count). The molecule has 0 aromatic heterocycles. The van der Waals surface area contributed by atoms with Crippen LogP contribution in [0.1, 0.15) is 21.5 Å². The zero-order valence-electron chi connectivity index (χ0n) is 15.5. The number of hydrogen-bond donors (Lipinski definition) is 0. The summed E-state index contributed by atoms with van der Waals surface area (Å²) < 4.78 is 28.7. The molecule has 0 aliphatic carbocycles. The van der Waals surface area contributed by atoms with Crippen LogP contribution in [0.5, 0.6) is 5.75 Å². The van der Waals surface area contributed by atoms with E-state index in [1.165, 1.54) is 26.4 Å². The number of methoxy groups -OCH3 is 3. The number of carbonyl (C=O) groups is 2. The van der Waals surface area contributed by atoms with E-state index in [0.717, 1.165) is 11.3 Å². The van der Waals surface area contributed by atoms with Gasteiger partial charge in [-0.1, -0.05) is 24.3 Å². The molecule has 0 amide bonds. The van der Waals surface area contributed by atoms with Crippen molar-refractivity contribution >= 4 is 11.9 Å². The standard InChI is InChI=1S/C20H22FNO5/c1-25-16-9-7-14(8-10-16)11-22(13-18(23)26-2)12-15-5-4-6-17(21)19(15)20(24)27-3/h4-10H,11-13H2,1-3H3. The largest absolute Gasteiger partial charge is 0.497 e. The zero-order chi connectivity index (χ0) is 19.8. The smallest absolute Gasteiger partial charge is 0.341 e. The van der Waals surface area contributed by atoms with Crippen molar-refractivity contribution in [2.45, 2.75) is 13.1 Å². The number of ether oxygens (including phenoxy) is 3. The lowest BCUT2D eigenvalue weighted by Crippen LogP contribution is -2.30. The summed E-state index contributed by atoms with van der Waals surface area (Å²) in [7, 11) is 4.08. The van der Waals surface area contributed by atoms with Gasteiger partial charge in [-0.15, -0.1) is 0 Å². The first-order valence-electron chi connectivity index (χ1n) is 8.26. The van der Waals surface area contributed by atoms with Crippen molar-refractivity contribution in [1.29, 1.82) is 0 Å². The number of halogens is 1. The number of benzene rings is 2. The Morgan fingerprint density at radius 2 is 1.67 bits per heavy atom. The van der Waals surface area contributed by atoms with Gasteiger partial charge in [0.15, 0.2) is 0 Å². The monoisotopic (exact) mass is 375 g/mol. The molecule has 27 heavy (non-hydrogen) atoms. The van der Waals surface area contributed by atoms with Crippen molar-refractivity contribution in [3.63, 3.8) is 0 Å².